The average Bonchev–Trinajstić information content (AvgIpc) is 3.25. The van der Waals surface area contributed by atoms with Crippen molar-refractivity contribution in [1.29, 1.82) is 0 Å². The Morgan fingerprint density at radius 1 is 1.02 bits per heavy atom. The Morgan fingerprint density at radius 2 is 1.77 bits per heavy atom. The van der Waals surface area contributed by atoms with Gasteiger partial charge >= 0.3 is 0 Å². The molecule has 7 rings (SSSR count). The fourth-order valence-corrected chi connectivity index (χ4v) is 8.63. The lowest BCUT2D eigenvalue weighted by Gasteiger charge is -2.60. The number of fused-ring (bicyclic) bond motifs is 1. The predicted octanol–water partition coefficient (Wildman–Crippen LogP) is 6.34. The first kappa shape index (κ1) is 26.2. The van der Waals surface area contributed by atoms with Gasteiger partial charge in [-0.1, -0.05) is 45.1 Å². The van der Waals surface area contributed by atoms with Crippen LogP contribution in [0.2, 0.25) is 0 Å². The monoisotopic (exact) mass is 540 g/mol. The summed E-state index contributed by atoms with van der Waals surface area (Å²) in [4.78, 5) is 7.59. The molecule has 1 aromatic carbocycles. The molecule has 5 fully saturated rings. The van der Waals surface area contributed by atoms with E-state index in [0.29, 0.717) is 11.3 Å². The molecule has 1 N–H and O–H groups in total. The van der Waals surface area contributed by atoms with Gasteiger partial charge < -0.3 is 20.0 Å². The Bertz CT molecular complexity index is 1290. The van der Waals surface area contributed by atoms with E-state index in [1.165, 1.54) is 113 Å². The van der Waals surface area contributed by atoms with Crippen LogP contribution in [0.3, 0.4) is 0 Å². The summed E-state index contributed by atoms with van der Waals surface area (Å²) < 4.78 is 2.04. The molecule has 3 aliphatic heterocycles. The van der Waals surface area contributed by atoms with Gasteiger partial charge in [0.1, 0.15) is 5.82 Å². The molecule has 5 aliphatic rings. The molecule has 6 heteroatoms. The third-order valence-electron chi connectivity index (χ3n) is 11.0. The van der Waals surface area contributed by atoms with Crippen molar-refractivity contribution in [3.05, 3.63) is 60.7 Å². The van der Waals surface area contributed by atoms with Gasteiger partial charge in [-0.3, -0.25) is 4.68 Å². The van der Waals surface area contributed by atoms with Gasteiger partial charge in [0.25, 0.3) is 0 Å². The summed E-state index contributed by atoms with van der Waals surface area (Å²) in [6.45, 7) is 20.1. The number of nitrogens with one attached hydrogen (secondary N) is 1. The lowest BCUT2D eigenvalue weighted by atomic mass is 9.56. The fourth-order valence-electron chi connectivity index (χ4n) is 8.63. The minimum absolute atomic E-state index is 0.576. The first-order chi connectivity index (χ1) is 19.4. The summed E-state index contributed by atoms with van der Waals surface area (Å²) in [5.74, 6) is 4.19. The summed E-state index contributed by atoms with van der Waals surface area (Å²) in [6.07, 6.45) is 13.3. The van der Waals surface area contributed by atoms with Gasteiger partial charge in [-0.2, -0.15) is 5.10 Å². The number of anilines is 1. The van der Waals surface area contributed by atoms with Crippen molar-refractivity contribution in [2.24, 2.45) is 24.3 Å². The molecule has 0 bridgehead atoms. The number of likely N-dealkylation sites (tertiary alicyclic amines) is 2. The van der Waals surface area contributed by atoms with E-state index >= 15 is 0 Å². The van der Waals surface area contributed by atoms with Gasteiger partial charge in [0.15, 0.2) is 5.82 Å². The third-order valence-corrected chi connectivity index (χ3v) is 11.0. The zero-order valence-electron chi connectivity index (χ0n) is 24.6. The second-order valence-electron chi connectivity index (χ2n) is 13.8. The molecule has 2 aromatic rings. The van der Waals surface area contributed by atoms with Crippen LogP contribution in [0.4, 0.5) is 5.82 Å². The maximum absolute atomic E-state index is 4.89. The van der Waals surface area contributed by atoms with Gasteiger partial charge in [0.05, 0.1) is 5.52 Å². The largest absolute Gasteiger partial charge is 0.375 e. The summed E-state index contributed by atoms with van der Waals surface area (Å²) in [6, 6.07) is 7.04. The Hall–Kier alpha value is -2.73. The van der Waals surface area contributed by atoms with Gasteiger partial charge in [0, 0.05) is 69.5 Å². The molecule has 0 atom stereocenters. The van der Waals surface area contributed by atoms with E-state index in [9.17, 15) is 0 Å². The number of aromatic nitrogens is 2. The van der Waals surface area contributed by atoms with Gasteiger partial charge in [-0.25, -0.2) is 0 Å². The number of allylic oxidation sites excluding steroid dienone is 1. The molecule has 0 radical (unpaired) electrons. The van der Waals surface area contributed by atoms with E-state index in [-0.39, 0.29) is 0 Å². The molecule has 6 nitrogen and oxygen atoms in total. The van der Waals surface area contributed by atoms with Gasteiger partial charge in [0.2, 0.25) is 0 Å². The number of benzene rings is 1. The standard InChI is InChI=1S/C34H48N6/c1-24-12-17-40(26(3)35-24)33-31-11-10-29(18-32(31)37(4)36-33)30-19-34(20-30)22-38(23-34)21-27-13-15-39(16-14-27)25(2)28-8-6-5-7-9-28/h10-11,18,27-28,30,35H,1-3,5-9,12-17,19-23H2,4H3. The normalized spacial score (nSPS) is 24.8. The van der Waals surface area contributed by atoms with E-state index in [2.05, 4.69) is 65.0 Å². The number of rotatable bonds is 6. The maximum atomic E-state index is 4.89. The maximum Gasteiger partial charge on any atom is 0.164 e. The minimum Gasteiger partial charge on any atom is -0.375 e. The topological polar surface area (TPSA) is 39.6 Å². The molecule has 4 heterocycles. The van der Waals surface area contributed by atoms with Crippen LogP contribution in [0.25, 0.3) is 10.9 Å². The molecule has 0 amide bonds. The molecule has 214 valence electrons. The van der Waals surface area contributed by atoms with Crippen LogP contribution in [0.1, 0.15) is 75.7 Å². The van der Waals surface area contributed by atoms with Crippen molar-refractivity contribution < 1.29 is 0 Å². The number of hydrogen-bond donors (Lipinski definition) is 1. The van der Waals surface area contributed by atoms with Crippen molar-refractivity contribution in [2.75, 3.05) is 44.2 Å². The fraction of sp³-hybridized carbons (Fsp3) is 0.618. The van der Waals surface area contributed by atoms with Gasteiger partial charge in [-0.15, -0.1) is 0 Å². The van der Waals surface area contributed by atoms with Crippen molar-refractivity contribution in [2.45, 2.75) is 70.1 Å². The quantitative estimate of drug-likeness (QED) is 0.463. The van der Waals surface area contributed by atoms with Crippen molar-refractivity contribution in [1.82, 2.24) is 24.9 Å². The Kier molecular flexibility index (Phi) is 6.73. The zero-order chi connectivity index (χ0) is 27.4. The first-order valence-corrected chi connectivity index (χ1v) is 15.9. The Labute approximate surface area is 240 Å². The Morgan fingerprint density at radius 3 is 2.50 bits per heavy atom. The molecular formula is C34H48N6. The van der Waals surface area contributed by atoms with E-state index < -0.39 is 0 Å². The summed E-state index contributed by atoms with van der Waals surface area (Å²) in [5, 5.41) is 9.39. The highest BCUT2D eigenvalue weighted by molar-refractivity contribution is 5.92. The second-order valence-corrected chi connectivity index (χ2v) is 13.8. The van der Waals surface area contributed by atoms with E-state index in [4.69, 9.17) is 5.10 Å². The van der Waals surface area contributed by atoms with E-state index in [1.807, 2.05) is 4.68 Å². The smallest absolute Gasteiger partial charge is 0.164 e. The molecule has 1 aromatic heterocycles. The highest BCUT2D eigenvalue weighted by Gasteiger charge is 2.52. The van der Waals surface area contributed by atoms with E-state index in [0.717, 1.165) is 42.1 Å². The number of hydrogen-bond acceptors (Lipinski definition) is 5. The number of aryl methyl sites for hydroxylation is 1. The van der Waals surface area contributed by atoms with Gasteiger partial charge in [-0.05, 0) is 79.4 Å². The molecule has 0 unspecified atom stereocenters. The molecular weight excluding hydrogens is 492 g/mol. The minimum atomic E-state index is 0.576. The zero-order valence-corrected chi connectivity index (χ0v) is 24.6. The summed E-state index contributed by atoms with van der Waals surface area (Å²) >= 11 is 0. The number of piperidine rings is 1. The second kappa shape index (κ2) is 10.3. The third kappa shape index (κ3) is 4.76. The molecule has 40 heavy (non-hydrogen) atoms. The molecule has 2 aliphatic carbocycles. The first-order valence-electron chi connectivity index (χ1n) is 15.9. The van der Waals surface area contributed by atoms with Crippen LogP contribution < -0.4 is 10.2 Å². The average molecular weight is 541 g/mol. The van der Waals surface area contributed by atoms with Crippen molar-refractivity contribution in [3.8, 4) is 0 Å². The van der Waals surface area contributed by atoms with Crippen LogP contribution in [0.15, 0.2) is 55.2 Å². The highest BCUT2D eigenvalue weighted by Crippen LogP contribution is 2.56. The molecule has 2 saturated carbocycles. The lowest BCUT2D eigenvalue weighted by Crippen LogP contribution is -2.62. The van der Waals surface area contributed by atoms with Crippen LogP contribution in [-0.4, -0.2) is 58.8 Å². The summed E-state index contributed by atoms with van der Waals surface area (Å²) in [5.41, 5.74) is 5.77. The Balaban J connectivity index is 0.898. The van der Waals surface area contributed by atoms with Crippen LogP contribution in [0.5, 0.6) is 0 Å². The van der Waals surface area contributed by atoms with E-state index in [1.54, 1.807) is 0 Å². The highest BCUT2D eigenvalue weighted by atomic mass is 15.4. The van der Waals surface area contributed by atoms with Crippen molar-refractivity contribution in [3.63, 3.8) is 0 Å². The van der Waals surface area contributed by atoms with Crippen LogP contribution in [0, 0.1) is 17.3 Å². The van der Waals surface area contributed by atoms with Crippen molar-refractivity contribution >= 4 is 16.7 Å². The molecule has 1 spiro atoms. The predicted molar refractivity (Wildman–Crippen MR) is 165 cm³/mol. The SMILES string of the molecule is C=C1CCN(c2nn(C)c3cc(C4CC5(C4)CN(CC4CCN(C(=C)C6CCCCC6)CC4)C5)ccc23)C(=C)N1. The van der Waals surface area contributed by atoms with Crippen LogP contribution in [-0.2, 0) is 7.05 Å². The lowest BCUT2D eigenvalue weighted by molar-refractivity contribution is -0.0817. The van der Waals surface area contributed by atoms with Crippen LogP contribution >= 0.6 is 0 Å². The summed E-state index contributed by atoms with van der Waals surface area (Å²) in [7, 11) is 2.07. The number of nitrogens with zero attached hydrogens (tertiary/aromatic N) is 5. The molecule has 3 saturated heterocycles.